The van der Waals surface area contributed by atoms with Gasteiger partial charge in [0, 0.05) is 22.9 Å². The van der Waals surface area contributed by atoms with Crippen molar-refractivity contribution in [1.82, 2.24) is 9.88 Å². The second-order valence-electron chi connectivity index (χ2n) is 9.76. The van der Waals surface area contributed by atoms with Gasteiger partial charge in [-0.2, -0.15) is 0 Å². The Balaban J connectivity index is 1.36. The second-order valence-corrected chi connectivity index (χ2v) is 10.7. The summed E-state index contributed by atoms with van der Waals surface area (Å²) in [5.41, 5.74) is 7.52. The number of amides is 1. The van der Waals surface area contributed by atoms with Crippen LogP contribution in [0.25, 0.3) is 22.0 Å². The van der Waals surface area contributed by atoms with Crippen molar-refractivity contribution in [3.63, 3.8) is 0 Å². The summed E-state index contributed by atoms with van der Waals surface area (Å²) in [5, 5.41) is 14.6. The Kier molecular flexibility index (Phi) is 5.97. The summed E-state index contributed by atoms with van der Waals surface area (Å²) in [6.45, 7) is 2.55. The number of halogens is 1. The SMILES string of the molecule is C[C@]1(O)CC[C@H]([C@H](N)C(=O)N2CCC[C@H]2c2nc(-c3ccc(F)c4ccccc34)cs2)CC1. The Labute approximate surface area is 197 Å². The number of nitrogens with two attached hydrogens (primary N) is 1. The summed E-state index contributed by atoms with van der Waals surface area (Å²) < 4.78 is 14.3. The molecular formula is C26H30FN3O2S. The van der Waals surface area contributed by atoms with Crippen LogP contribution in [-0.4, -0.2) is 39.1 Å². The van der Waals surface area contributed by atoms with Gasteiger partial charge in [-0.1, -0.05) is 24.3 Å². The van der Waals surface area contributed by atoms with Gasteiger partial charge in [-0.25, -0.2) is 9.37 Å². The van der Waals surface area contributed by atoms with E-state index in [2.05, 4.69) is 0 Å². The standard InChI is InChI=1S/C26H30FN3O2S/c1-26(32)12-10-16(11-13-26)23(28)25(31)30-14-4-7-22(30)24-29-21(15-33-24)19-8-9-20(27)18-6-3-2-5-17(18)19/h2-3,5-6,8-9,15-16,22-23,32H,4,7,10-14,28H2,1H3/t16-,22-,23-,26-/m0/s1. The molecule has 33 heavy (non-hydrogen) atoms. The lowest BCUT2D eigenvalue weighted by molar-refractivity contribution is -0.135. The first-order chi connectivity index (χ1) is 15.8. The summed E-state index contributed by atoms with van der Waals surface area (Å²) in [5.74, 6) is -0.139. The van der Waals surface area contributed by atoms with Crippen LogP contribution in [0.1, 0.15) is 56.5 Å². The van der Waals surface area contributed by atoms with Crippen molar-refractivity contribution in [2.45, 2.75) is 63.1 Å². The number of rotatable bonds is 4. The lowest BCUT2D eigenvalue weighted by Gasteiger charge is -2.37. The third kappa shape index (κ3) is 4.29. The minimum absolute atomic E-state index is 0.00646. The van der Waals surface area contributed by atoms with Crippen molar-refractivity contribution >= 4 is 28.0 Å². The number of aliphatic hydroxyl groups is 1. The van der Waals surface area contributed by atoms with Gasteiger partial charge in [-0.05, 0) is 68.9 Å². The van der Waals surface area contributed by atoms with Crippen LogP contribution in [0.15, 0.2) is 41.8 Å². The number of hydrogen-bond acceptors (Lipinski definition) is 5. The summed E-state index contributed by atoms with van der Waals surface area (Å²) in [6, 6.07) is 10.1. The van der Waals surface area contributed by atoms with Gasteiger partial charge in [0.15, 0.2) is 0 Å². The Morgan fingerprint density at radius 3 is 2.70 bits per heavy atom. The van der Waals surface area contributed by atoms with E-state index in [9.17, 15) is 14.3 Å². The maximum atomic E-state index is 14.3. The van der Waals surface area contributed by atoms with E-state index >= 15 is 0 Å². The molecule has 2 atom stereocenters. The van der Waals surface area contributed by atoms with Gasteiger partial charge in [0.25, 0.3) is 0 Å². The van der Waals surface area contributed by atoms with E-state index in [-0.39, 0.29) is 23.7 Å². The molecule has 1 aromatic heterocycles. The van der Waals surface area contributed by atoms with Crippen molar-refractivity contribution < 1.29 is 14.3 Å². The zero-order valence-corrected chi connectivity index (χ0v) is 19.7. The highest BCUT2D eigenvalue weighted by Gasteiger charge is 2.39. The number of carbonyl (C=O) groups is 1. The van der Waals surface area contributed by atoms with Crippen LogP contribution in [0.4, 0.5) is 4.39 Å². The minimum Gasteiger partial charge on any atom is -0.390 e. The molecular weight excluding hydrogens is 437 g/mol. The highest BCUT2D eigenvalue weighted by molar-refractivity contribution is 7.10. The normalized spacial score (nSPS) is 26.6. The van der Waals surface area contributed by atoms with E-state index in [1.54, 1.807) is 23.5 Å². The largest absolute Gasteiger partial charge is 0.390 e. The zero-order valence-electron chi connectivity index (χ0n) is 18.8. The first-order valence-electron chi connectivity index (χ1n) is 11.8. The molecule has 2 aliphatic rings. The maximum absolute atomic E-state index is 14.3. The van der Waals surface area contributed by atoms with Gasteiger partial charge in [0.05, 0.1) is 23.4 Å². The van der Waals surface area contributed by atoms with Crippen LogP contribution in [0.5, 0.6) is 0 Å². The number of fused-ring (bicyclic) bond motifs is 1. The van der Waals surface area contributed by atoms with Crippen molar-refractivity contribution in [2.24, 2.45) is 11.7 Å². The molecule has 3 N–H and O–H groups in total. The van der Waals surface area contributed by atoms with Crippen molar-refractivity contribution in [3.05, 3.63) is 52.6 Å². The molecule has 5 rings (SSSR count). The molecule has 3 aromatic rings. The highest BCUT2D eigenvalue weighted by atomic mass is 32.1. The van der Waals surface area contributed by atoms with E-state index in [4.69, 9.17) is 10.7 Å². The van der Waals surface area contributed by atoms with Crippen molar-refractivity contribution in [2.75, 3.05) is 6.54 Å². The smallest absolute Gasteiger partial charge is 0.240 e. The molecule has 2 fully saturated rings. The molecule has 1 amide bonds. The predicted molar refractivity (Wildman–Crippen MR) is 129 cm³/mol. The number of likely N-dealkylation sites (tertiary alicyclic amines) is 1. The first kappa shape index (κ1) is 22.4. The Morgan fingerprint density at radius 1 is 1.21 bits per heavy atom. The van der Waals surface area contributed by atoms with Gasteiger partial charge in [-0.15, -0.1) is 11.3 Å². The van der Waals surface area contributed by atoms with Crippen molar-refractivity contribution in [3.8, 4) is 11.3 Å². The molecule has 1 aliphatic carbocycles. The van der Waals surface area contributed by atoms with Crippen molar-refractivity contribution in [1.29, 1.82) is 0 Å². The van der Waals surface area contributed by atoms with Gasteiger partial charge < -0.3 is 15.7 Å². The van der Waals surface area contributed by atoms with Crippen LogP contribution in [-0.2, 0) is 4.79 Å². The highest BCUT2D eigenvalue weighted by Crippen LogP contribution is 2.39. The molecule has 5 nitrogen and oxygen atoms in total. The minimum atomic E-state index is -0.642. The fraction of sp³-hybridized carbons (Fsp3) is 0.462. The molecule has 7 heteroatoms. The predicted octanol–water partition coefficient (Wildman–Crippen LogP) is 5.03. The molecule has 1 saturated heterocycles. The first-order valence-corrected chi connectivity index (χ1v) is 12.6. The average Bonchev–Trinajstić information content (AvgIpc) is 3.48. The fourth-order valence-corrected chi connectivity index (χ4v) is 6.32. The Hall–Kier alpha value is -2.35. The number of hydrogen-bond donors (Lipinski definition) is 2. The summed E-state index contributed by atoms with van der Waals surface area (Å²) in [6.07, 6.45) is 4.72. The van der Waals surface area contributed by atoms with E-state index < -0.39 is 11.6 Å². The molecule has 174 valence electrons. The molecule has 0 spiro atoms. The van der Waals surface area contributed by atoms with Crippen LogP contribution in [0, 0.1) is 11.7 Å². The average molecular weight is 468 g/mol. The molecule has 0 radical (unpaired) electrons. The number of benzene rings is 2. The van der Waals surface area contributed by atoms with E-state index in [0.29, 0.717) is 24.8 Å². The quantitative estimate of drug-likeness (QED) is 0.564. The molecule has 0 bridgehead atoms. The van der Waals surface area contributed by atoms with Crippen LogP contribution >= 0.6 is 11.3 Å². The number of thiazole rings is 1. The molecule has 2 heterocycles. The third-order valence-electron chi connectivity index (χ3n) is 7.39. The van der Waals surface area contributed by atoms with Gasteiger partial charge in [0.2, 0.25) is 5.91 Å². The van der Waals surface area contributed by atoms with Gasteiger partial charge in [-0.3, -0.25) is 4.79 Å². The molecule has 1 saturated carbocycles. The molecule has 1 aliphatic heterocycles. The molecule has 2 aromatic carbocycles. The van der Waals surface area contributed by atoms with Crippen LogP contribution < -0.4 is 5.73 Å². The maximum Gasteiger partial charge on any atom is 0.240 e. The van der Waals surface area contributed by atoms with Crippen LogP contribution in [0.2, 0.25) is 0 Å². The van der Waals surface area contributed by atoms with Gasteiger partial charge in [0.1, 0.15) is 10.8 Å². The van der Waals surface area contributed by atoms with E-state index in [0.717, 1.165) is 47.3 Å². The number of aromatic nitrogens is 1. The third-order valence-corrected chi connectivity index (χ3v) is 8.34. The second kappa shape index (κ2) is 8.78. The summed E-state index contributed by atoms with van der Waals surface area (Å²) in [4.78, 5) is 20.2. The van der Waals surface area contributed by atoms with E-state index in [1.165, 1.54) is 6.07 Å². The Bertz CT molecular complexity index is 1170. The fourth-order valence-electron chi connectivity index (χ4n) is 5.35. The molecule has 0 unspecified atom stereocenters. The van der Waals surface area contributed by atoms with E-state index in [1.807, 2.05) is 35.4 Å². The van der Waals surface area contributed by atoms with Crippen LogP contribution in [0.3, 0.4) is 0 Å². The topological polar surface area (TPSA) is 79.5 Å². The lowest BCUT2D eigenvalue weighted by atomic mass is 9.76. The monoisotopic (exact) mass is 467 g/mol. The lowest BCUT2D eigenvalue weighted by Crippen LogP contribution is -2.49. The van der Waals surface area contributed by atoms with Gasteiger partial charge >= 0.3 is 0 Å². The summed E-state index contributed by atoms with van der Waals surface area (Å²) in [7, 11) is 0. The zero-order chi connectivity index (χ0) is 23.2. The number of carbonyl (C=O) groups excluding carboxylic acids is 1. The Morgan fingerprint density at radius 2 is 1.94 bits per heavy atom. The number of nitrogens with zero attached hydrogens (tertiary/aromatic N) is 2. The summed E-state index contributed by atoms with van der Waals surface area (Å²) >= 11 is 1.55.